The largest absolute Gasteiger partial charge is 0.306 e. The molecule has 15 heavy (non-hydrogen) atoms. The summed E-state index contributed by atoms with van der Waals surface area (Å²) in [7, 11) is 0. The highest BCUT2D eigenvalue weighted by molar-refractivity contribution is 5.97. The van der Waals surface area contributed by atoms with Gasteiger partial charge in [0.2, 0.25) is 0 Å². The maximum absolute atomic E-state index is 13.1. The van der Waals surface area contributed by atoms with Crippen molar-refractivity contribution in [2.45, 2.75) is 0 Å². The van der Waals surface area contributed by atoms with Crippen molar-refractivity contribution in [3.63, 3.8) is 0 Å². The highest BCUT2D eigenvalue weighted by atomic mass is 19.1. The maximum Gasteiger partial charge on any atom is 0.179 e. The standard InChI is InChI=1S/C11H11F2NO/c1-2-5-14-7-11(15)9-6-8(12)3-4-10(9)13/h2-4,6,14H,1,5,7H2. The Morgan fingerprint density at radius 1 is 1.47 bits per heavy atom. The lowest BCUT2D eigenvalue weighted by Crippen LogP contribution is -2.23. The zero-order chi connectivity index (χ0) is 11.3. The van der Waals surface area contributed by atoms with Gasteiger partial charge in [-0.15, -0.1) is 6.58 Å². The minimum Gasteiger partial charge on any atom is -0.306 e. The fourth-order valence-corrected chi connectivity index (χ4v) is 1.09. The first-order valence-electron chi connectivity index (χ1n) is 4.45. The van der Waals surface area contributed by atoms with E-state index in [0.29, 0.717) is 6.54 Å². The lowest BCUT2D eigenvalue weighted by molar-refractivity contribution is 0.0988. The molecule has 0 saturated heterocycles. The van der Waals surface area contributed by atoms with E-state index in [1.807, 2.05) is 0 Å². The van der Waals surface area contributed by atoms with Gasteiger partial charge in [0.25, 0.3) is 0 Å². The average molecular weight is 211 g/mol. The summed E-state index contributed by atoms with van der Waals surface area (Å²) in [5.41, 5.74) is -0.230. The molecule has 0 aliphatic heterocycles. The Kier molecular flexibility index (Phi) is 4.12. The summed E-state index contributed by atoms with van der Waals surface area (Å²) >= 11 is 0. The zero-order valence-electron chi connectivity index (χ0n) is 8.09. The molecule has 80 valence electrons. The van der Waals surface area contributed by atoms with Crippen molar-refractivity contribution >= 4 is 5.78 Å². The highest BCUT2D eigenvalue weighted by Gasteiger charge is 2.11. The van der Waals surface area contributed by atoms with Gasteiger partial charge in [-0.3, -0.25) is 4.79 Å². The molecule has 0 aliphatic carbocycles. The molecule has 0 fully saturated rings. The highest BCUT2D eigenvalue weighted by Crippen LogP contribution is 2.09. The fraction of sp³-hybridized carbons (Fsp3) is 0.182. The van der Waals surface area contributed by atoms with Crippen molar-refractivity contribution in [3.05, 3.63) is 48.1 Å². The lowest BCUT2D eigenvalue weighted by atomic mass is 10.1. The third-order valence-electron chi connectivity index (χ3n) is 1.80. The van der Waals surface area contributed by atoms with Gasteiger partial charge in [0.15, 0.2) is 5.78 Å². The predicted octanol–water partition coefficient (Wildman–Crippen LogP) is 1.92. The third kappa shape index (κ3) is 3.25. The molecule has 1 aromatic rings. The van der Waals surface area contributed by atoms with Crippen molar-refractivity contribution < 1.29 is 13.6 Å². The molecular formula is C11H11F2NO. The number of benzene rings is 1. The van der Waals surface area contributed by atoms with Gasteiger partial charge in [0.05, 0.1) is 12.1 Å². The van der Waals surface area contributed by atoms with Crippen LogP contribution in [0.1, 0.15) is 10.4 Å². The second kappa shape index (κ2) is 5.36. The predicted molar refractivity (Wildman–Crippen MR) is 53.8 cm³/mol. The van der Waals surface area contributed by atoms with Gasteiger partial charge in [0.1, 0.15) is 11.6 Å². The van der Waals surface area contributed by atoms with Crippen LogP contribution in [-0.4, -0.2) is 18.9 Å². The van der Waals surface area contributed by atoms with Crippen LogP contribution in [0.15, 0.2) is 30.9 Å². The van der Waals surface area contributed by atoms with Crippen molar-refractivity contribution in [2.24, 2.45) is 0 Å². The minimum atomic E-state index is -0.707. The van der Waals surface area contributed by atoms with Crippen LogP contribution in [0.3, 0.4) is 0 Å². The van der Waals surface area contributed by atoms with Gasteiger partial charge in [-0.25, -0.2) is 8.78 Å². The molecule has 4 heteroatoms. The van der Waals surface area contributed by atoms with E-state index in [1.165, 1.54) is 0 Å². The summed E-state index contributed by atoms with van der Waals surface area (Å²) in [6.45, 7) is 3.87. The van der Waals surface area contributed by atoms with Crippen LogP contribution in [-0.2, 0) is 0 Å². The van der Waals surface area contributed by atoms with E-state index in [0.717, 1.165) is 18.2 Å². The first kappa shape index (κ1) is 11.5. The molecule has 0 unspecified atom stereocenters. The molecule has 0 saturated carbocycles. The molecule has 1 aromatic carbocycles. The number of ketones is 1. The second-order valence-electron chi connectivity index (χ2n) is 2.97. The number of Topliss-reactive ketones (excluding diaryl/α,β-unsaturated/α-hetero) is 1. The van der Waals surface area contributed by atoms with E-state index in [9.17, 15) is 13.6 Å². The summed E-state index contributed by atoms with van der Waals surface area (Å²) in [5.74, 6) is -1.81. The van der Waals surface area contributed by atoms with Crippen molar-refractivity contribution in [1.82, 2.24) is 5.32 Å². The van der Waals surface area contributed by atoms with Gasteiger partial charge < -0.3 is 5.32 Å². The average Bonchev–Trinajstić information content (AvgIpc) is 2.22. The Labute approximate surface area is 86.6 Å². The number of carbonyl (C=O) groups excluding carboxylic acids is 1. The van der Waals surface area contributed by atoms with Crippen LogP contribution in [0, 0.1) is 11.6 Å². The first-order chi connectivity index (χ1) is 7.15. The van der Waals surface area contributed by atoms with Crippen LogP contribution >= 0.6 is 0 Å². The van der Waals surface area contributed by atoms with Crippen LogP contribution in [0.25, 0.3) is 0 Å². The van der Waals surface area contributed by atoms with E-state index < -0.39 is 17.4 Å². The molecule has 0 radical (unpaired) electrons. The Hall–Kier alpha value is -1.55. The summed E-state index contributed by atoms with van der Waals surface area (Å²) in [5, 5.41) is 2.72. The molecule has 0 bridgehead atoms. The summed E-state index contributed by atoms with van der Waals surface area (Å²) in [6.07, 6.45) is 1.58. The van der Waals surface area contributed by atoms with Gasteiger partial charge in [-0.1, -0.05) is 6.08 Å². The van der Waals surface area contributed by atoms with E-state index in [2.05, 4.69) is 11.9 Å². The summed E-state index contributed by atoms with van der Waals surface area (Å²) < 4.78 is 25.8. The van der Waals surface area contributed by atoms with Crippen molar-refractivity contribution in [1.29, 1.82) is 0 Å². The van der Waals surface area contributed by atoms with Crippen LogP contribution < -0.4 is 5.32 Å². The molecule has 1 N–H and O–H groups in total. The first-order valence-corrected chi connectivity index (χ1v) is 4.45. The zero-order valence-corrected chi connectivity index (χ0v) is 8.09. The van der Waals surface area contributed by atoms with Gasteiger partial charge in [0, 0.05) is 6.54 Å². The van der Waals surface area contributed by atoms with Gasteiger partial charge in [-0.2, -0.15) is 0 Å². The van der Waals surface area contributed by atoms with Gasteiger partial charge >= 0.3 is 0 Å². The maximum atomic E-state index is 13.1. The van der Waals surface area contributed by atoms with E-state index in [1.54, 1.807) is 6.08 Å². The van der Waals surface area contributed by atoms with Crippen LogP contribution in [0.4, 0.5) is 8.78 Å². The number of nitrogens with one attached hydrogen (secondary N) is 1. The van der Waals surface area contributed by atoms with Gasteiger partial charge in [-0.05, 0) is 18.2 Å². The SMILES string of the molecule is C=CCNCC(=O)c1cc(F)ccc1F. The normalized spacial score (nSPS) is 10.0. The number of halogens is 2. The van der Waals surface area contributed by atoms with Crippen LogP contribution in [0.2, 0.25) is 0 Å². The molecule has 0 spiro atoms. The smallest absolute Gasteiger partial charge is 0.179 e. The van der Waals surface area contributed by atoms with E-state index >= 15 is 0 Å². The second-order valence-corrected chi connectivity index (χ2v) is 2.97. The Morgan fingerprint density at radius 2 is 2.20 bits per heavy atom. The number of hydrogen-bond donors (Lipinski definition) is 1. The van der Waals surface area contributed by atoms with Crippen molar-refractivity contribution in [2.75, 3.05) is 13.1 Å². The van der Waals surface area contributed by atoms with E-state index in [4.69, 9.17) is 0 Å². The lowest BCUT2D eigenvalue weighted by Gasteiger charge is -2.03. The monoisotopic (exact) mass is 211 g/mol. The topological polar surface area (TPSA) is 29.1 Å². The summed E-state index contributed by atoms with van der Waals surface area (Å²) in [4.78, 5) is 11.4. The number of carbonyl (C=O) groups is 1. The Morgan fingerprint density at radius 3 is 2.87 bits per heavy atom. The minimum absolute atomic E-state index is 0.0353. The van der Waals surface area contributed by atoms with Crippen LogP contribution in [0.5, 0.6) is 0 Å². The third-order valence-corrected chi connectivity index (χ3v) is 1.80. The Bertz CT molecular complexity index is 377. The number of hydrogen-bond acceptors (Lipinski definition) is 2. The number of rotatable bonds is 5. The quantitative estimate of drug-likeness (QED) is 0.458. The molecule has 0 heterocycles. The molecule has 1 rings (SSSR count). The fourth-order valence-electron chi connectivity index (χ4n) is 1.09. The van der Waals surface area contributed by atoms with Crippen molar-refractivity contribution in [3.8, 4) is 0 Å². The Balaban J connectivity index is 2.72. The molecule has 2 nitrogen and oxygen atoms in total. The van der Waals surface area contributed by atoms with E-state index in [-0.39, 0.29) is 12.1 Å². The molecule has 0 atom stereocenters. The summed E-state index contributed by atoms with van der Waals surface area (Å²) in [6, 6.07) is 2.81. The molecule has 0 aliphatic rings. The molecule has 0 aromatic heterocycles. The molecule has 0 amide bonds. The molecular weight excluding hydrogens is 200 g/mol.